The van der Waals surface area contributed by atoms with Gasteiger partial charge in [0.2, 0.25) is 5.88 Å². The summed E-state index contributed by atoms with van der Waals surface area (Å²) >= 11 is 0. The number of pyridine rings is 1. The van der Waals surface area contributed by atoms with Crippen LogP contribution in [0.3, 0.4) is 0 Å². The molecular formula is C8H9NO3. The van der Waals surface area contributed by atoms with E-state index in [0.717, 1.165) is 0 Å². The van der Waals surface area contributed by atoms with Gasteiger partial charge in [0, 0.05) is 5.69 Å². The van der Waals surface area contributed by atoms with Crippen LogP contribution in [0.4, 0.5) is 0 Å². The highest BCUT2D eigenvalue weighted by Crippen LogP contribution is 2.14. The van der Waals surface area contributed by atoms with Crippen LogP contribution in [0.15, 0.2) is 12.1 Å². The number of carbonyl (C=O) groups is 1. The molecule has 0 amide bonds. The average molecular weight is 167 g/mol. The molecule has 1 rings (SSSR count). The lowest BCUT2D eigenvalue weighted by molar-refractivity contribution is 0.0596. The number of methoxy groups -OCH3 is 1. The zero-order valence-electron chi connectivity index (χ0n) is 6.87. The van der Waals surface area contributed by atoms with E-state index >= 15 is 0 Å². The van der Waals surface area contributed by atoms with E-state index in [1.54, 1.807) is 13.0 Å². The summed E-state index contributed by atoms with van der Waals surface area (Å²) in [5.41, 5.74) is 0.739. The quantitative estimate of drug-likeness (QED) is 0.631. The minimum absolute atomic E-state index is 0.0862. The van der Waals surface area contributed by atoms with Crippen LogP contribution in [0, 0.1) is 6.92 Å². The molecule has 4 nitrogen and oxygen atoms in total. The largest absolute Gasteiger partial charge is 0.493 e. The molecule has 0 spiro atoms. The first-order valence-electron chi connectivity index (χ1n) is 3.40. The molecule has 0 fully saturated rings. The normalized spacial score (nSPS) is 9.50. The van der Waals surface area contributed by atoms with Gasteiger partial charge in [0.25, 0.3) is 0 Å². The fourth-order valence-electron chi connectivity index (χ4n) is 0.812. The van der Waals surface area contributed by atoms with Crippen molar-refractivity contribution >= 4 is 5.97 Å². The van der Waals surface area contributed by atoms with E-state index < -0.39 is 5.97 Å². The second kappa shape index (κ2) is 3.21. The van der Waals surface area contributed by atoms with E-state index in [9.17, 15) is 9.90 Å². The Morgan fingerprint density at radius 3 is 2.75 bits per heavy atom. The molecule has 0 atom stereocenters. The fraction of sp³-hybridized carbons (Fsp3) is 0.250. The zero-order valence-corrected chi connectivity index (χ0v) is 6.87. The van der Waals surface area contributed by atoms with E-state index in [-0.39, 0.29) is 11.4 Å². The van der Waals surface area contributed by atoms with Crippen LogP contribution in [0.5, 0.6) is 5.88 Å². The van der Waals surface area contributed by atoms with E-state index in [4.69, 9.17) is 0 Å². The first-order valence-corrected chi connectivity index (χ1v) is 3.40. The maximum absolute atomic E-state index is 10.9. The minimum Gasteiger partial charge on any atom is -0.493 e. The molecule has 12 heavy (non-hydrogen) atoms. The second-order valence-corrected chi connectivity index (χ2v) is 2.32. The zero-order chi connectivity index (χ0) is 9.14. The van der Waals surface area contributed by atoms with Gasteiger partial charge in [-0.05, 0) is 19.1 Å². The first-order chi connectivity index (χ1) is 5.65. The smallest absolute Gasteiger partial charge is 0.343 e. The Labute approximate surface area is 69.8 Å². The molecule has 0 bridgehead atoms. The summed E-state index contributed by atoms with van der Waals surface area (Å²) in [6.45, 7) is 1.72. The molecular weight excluding hydrogens is 158 g/mol. The molecule has 0 unspecified atom stereocenters. The molecule has 0 radical (unpaired) electrons. The van der Waals surface area contributed by atoms with Gasteiger partial charge in [-0.3, -0.25) is 0 Å². The summed E-state index contributed by atoms with van der Waals surface area (Å²) in [7, 11) is 1.25. The molecule has 0 saturated heterocycles. The Bertz CT molecular complexity index is 309. The average Bonchev–Trinajstić information content (AvgIpc) is 2.03. The number of hydrogen-bond acceptors (Lipinski definition) is 4. The predicted octanol–water partition coefficient (Wildman–Crippen LogP) is 0.882. The predicted molar refractivity (Wildman–Crippen MR) is 42.0 cm³/mol. The Morgan fingerprint density at radius 2 is 2.25 bits per heavy atom. The molecule has 0 saturated carbocycles. The fourth-order valence-corrected chi connectivity index (χ4v) is 0.812. The van der Waals surface area contributed by atoms with E-state index in [1.165, 1.54) is 13.2 Å². The summed E-state index contributed by atoms with van der Waals surface area (Å²) in [6.07, 6.45) is 0. The lowest BCUT2D eigenvalue weighted by atomic mass is 10.2. The SMILES string of the molecule is COC(=O)c1ccc(C)nc1O. The highest BCUT2D eigenvalue weighted by atomic mass is 16.5. The van der Waals surface area contributed by atoms with Crippen LogP contribution in [0.25, 0.3) is 0 Å². The molecule has 0 aromatic carbocycles. The summed E-state index contributed by atoms with van der Waals surface area (Å²) in [4.78, 5) is 14.6. The van der Waals surface area contributed by atoms with E-state index in [1.807, 2.05) is 0 Å². The van der Waals surface area contributed by atoms with Gasteiger partial charge >= 0.3 is 5.97 Å². The number of rotatable bonds is 1. The lowest BCUT2D eigenvalue weighted by Crippen LogP contribution is -2.02. The number of esters is 1. The van der Waals surface area contributed by atoms with E-state index in [0.29, 0.717) is 5.69 Å². The van der Waals surface area contributed by atoms with Gasteiger partial charge in [-0.15, -0.1) is 0 Å². The van der Waals surface area contributed by atoms with Crippen molar-refractivity contribution in [2.24, 2.45) is 0 Å². The Hall–Kier alpha value is -1.58. The van der Waals surface area contributed by atoms with Crippen molar-refractivity contribution in [3.63, 3.8) is 0 Å². The van der Waals surface area contributed by atoms with Crippen LogP contribution < -0.4 is 0 Å². The first kappa shape index (κ1) is 8.52. The van der Waals surface area contributed by atoms with Crippen LogP contribution >= 0.6 is 0 Å². The maximum atomic E-state index is 10.9. The third-order valence-corrected chi connectivity index (χ3v) is 1.42. The Kier molecular flexibility index (Phi) is 2.28. The standard InChI is InChI=1S/C8H9NO3/c1-5-3-4-6(7(10)9-5)8(11)12-2/h3-4H,1-2H3,(H,9,10). The highest BCUT2D eigenvalue weighted by molar-refractivity contribution is 5.91. The van der Waals surface area contributed by atoms with Crippen molar-refractivity contribution < 1.29 is 14.6 Å². The Morgan fingerprint density at radius 1 is 1.58 bits per heavy atom. The van der Waals surface area contributed by atoms with Crippen LogP contribution in [0.2, 0.25) is 0 Å². The van der Waals surface area contributed by atoms with Crippen molar-refractivity contribution in [2.75, 3.05) is 7.11 Å². The summed E-state index contributed by atoms with van der Waals surface area (Å²) in [5, 5.41) is 9.18. The van der Waals surface area contributed by atoms with Gasteiger partial charge in [-0.2, -0.15) is 0 Å². The summed E-state index contributed by atoms with van der Waals surface area (Å²) in [5.74, 6) is -0.873. The van der Waals surface area contributed by atoms with Crippen molar-refractivity contribution in [1.82, 2.24) is 4.98 Å². The molecule has 4 heteroatoms. The molecule has 1 N–H and O–H groups in total. The van der Waals surface area contributed by atoms with Crippen molar-refractivity contribution in [1.29, 1.82) is 0 Å². The van der Waals surface area contributed by atoms with Crippen molar-refractivity contribution in [3.05, 3.63) is 23.4 Å². The Balaban J connectivity index is 3.09. The number of nitrogens with zero attached hydrogens (tertiary/aromatic N) is 1. The van der Waals surface area contributed by atoms with Gasteiger partial charge in [0.05, 0.1) is 7.11 Å². The minimum atomic E-state index is -0.583. The number of hydrogen-bond donors (Lipinski definition) is 1. The molecule has 0 aliphatic carbocycles. The van der Waals surface area contributed by atoms with Crippen LogP contribution in [-0.2, 0) is 4.74 Å². The van der Waals surface area contributed by atoms with E-state index in [2.05, 4.69) is 9.72 Å². The number of aromatic hydroxyl groups is 1. The molecule has 1 aromatic rings. The molecule has 1 aromatic heterocycles. The molecule has 0 aliphatic heterocycles. The maximum Gasteiger partial charge on any atom is 0.343 e. The van der Waals surface area contributed by atoms with Gasteiger partial charge in [0.1, 0.15) is 5.56 Å². The molecule has 64 valence electrons. The number of aromatic nitrogens is 1. The monoisotopic (exact) mass is 167 g/mol. The van der Waals surface area contributed by atoms with Gasteiger partial charge in [0.15, 0.2) is 0 Å². The van der Waals surface area contributed by atoms with Crippen LogP contribution in [-0.4, -0.2) is 23.2 Å². The third-order valence-electron chi connectivity index (χ3n) is 1.42. The second-order valence-electron chi connectivity index (χ2n) is 2.32. The van der Waals surface area contributed by atoms with Gasteiger partial charge in [-0.25, -0.2) is 9.78 Å². The van der Waals surface area contributed by atoms with Gasteiger partial charge in [-0.1, -0.05) is 0 Å². The van der Waals surface area contributed by atoms with Crippen molar-refractivity contribution in [2.45, 2.75) is 6.92 Å². The topological polar surface area (TPSA) is 59.4 Å². The molecule has 0 aliphatic rings. The summed E-state index contributed by atoms with van der Waals surface area (Å²) in [6, 6.07) is 3.11. The van der Waals surface area contributed by atoms with Crippen LogP contribution in [0.1, 0.15) is 16.1 Å². The van der Waals surface area contributed by atoms with Gasteiger partial charge < -0.3 is 9.84 Å². The molecule has 1 heterocycles. The summed E-state index contributed by atoms with van der Waals surface area (Å²) < 4.78 is 4.42. The number of carbonyl (C=O) groups excluding carboxylic acids is 1. The highest BCUT2D eigenvalue weighted by Gasteiger charge is 2.11. The van der Waals surface area contributed by atoms with Crippen molar-refractivity contribution in [3.8, 4) is 5.88 Å². The number of aryl methyl sites for hydroxylation is 1. The number of ether oxygens (including phenoxy) is 1. The lowest BCUT2D eigenvalue weighted by Gasteiger charge is -2.01. The third kappa shape index (κ3) is 1.53.